The van der Waals surface area contributed by atoms with Gasteiger partial charge in [0, 0.05) is 16.3 Å². The number of hydrogen-bond donors (Lipinski definition) is 1. The van der Waals surface area contributed by atoms with Gasteiger partial charge >= 0.3 is 5.17 Å². The lowest BCUT2D eigenvalue weighted by Gasteiger charge is -2.24. The molecule has 2 aliphatic heterocycles. The normalized spacial score (nSPS) is 21.7. The van der Waals surface area contributed by atoms with Crippen LogP contribution in [-0.4, -0.2) is 40.3 Å². The minimum Gasteiger partial charge on any atom is -1.00 e. The van der Waals surface area contributed by atoms with Gasteiger partial charge in [0.05, 0.1) is 13.2 Å². The van der Waals surface area contributed by atoms with Crippen LogP contribution >= 0.6 is 23.4 Å². The van der Waals surface area contributed by atoms with Crippen molar-refractivity contribution in [2.24, 2.45) is 0 Å². The predicted octanol–water partition coefficient (Wildman–Crippen LogP) is 0.913. The quantitative estimate of drug-likeness (QED) is 0.676. The second-order valence-electron chi connectivity index (χ2n) is 6.47. The van der Waals surface area contributed by atoms with E-state index in [9.17, 15) is 5.11 Å². The molecule has 4 rings (SSSR count). The maximum absolute atomic E-state index is 11.6. The van der Waals surface area contributed by atoms with Gasteiger partial charge in [0.25, 0.3) is 5.72 Å². The van der Waals surface area contributed by atoms with Gasteiger partial charge < -0.3 is 26.8 Å². The van der Waals surface area contributed by atoms with Crippen LogP contribution in [0.3, 0.4) is 0 Å². The van der Waals surface area contributed by atoms with E-state index in [1.165, 1.54) is 0 Å². The molecule has 0 aromatic heterocycles. The summed E-state index contributed by atoms with van der Waals surface area (Å²) < 4.78 is 7.67. The summed E-state index contributed by atoms with van der Waals surface area (Å²) in [6, 6.07) is 15.6. The van der Waals surface area contributed by atoms with E-state index in [2.05, 4.69) is 9.48 Å². The molecular formula is C20H22BrClN2O2S. The molecule has 2 aromatic carbocycles. The minimum absolute atomic E-state index is 0. The first-order valence-electron chi connectivity index (χ1n) is 8.88. The number of benzene rings is 2. The number of hydrogen-bond acceptors (Lipinski definition) is 4. The molecule has 0 bridgehead atoms. The van der Waals surface area contributed by atoms with Gasteiger partial charge in [-0.05, 0) is 73.6 Å². The van der Waals surface area contributed by atoms with Gasteiger partial charge in [-0.25, -0.2) is 9.48 Å². The Morgan fingerprint density at radius 2 is 1.89 bits per heavy atom. The van der Waals surface area contributed by atoms with Crippen molar-refractivity contribution in [3.05, 3.63) is 59.1 Å². The highest BCUT2D eigenvalue weighted by molar-refractivity contribution is 8.13. The van der Waals surface area contributed by atoms with Crippen LogP contribution in [-0.2, 0) is 5.72 Å². The van der Waals surface area contributed by atoms with Crippen molar-refractivity contribution in [2.45, 2.75) is 19.1 Å². The molecule has 2 aliphatic rings. The standard InChI is InChI=1S/C20H22ClN2O2S.BrH/c1-2-25-18-10-4-15(5-11-18)20(24)14-22(17-8-6-16(21)7-9-17)19-23(20)12-3-13-26-19;/h4-11,24H,2-3,12-14H2,1H3;1H/q+1;/p-1. The minimum atomic E-state index is -1.05. The van der Waals surface area contributed by atoms with Crippen LogP contribution in [0.2, 0.25) is 5.02 Å². The predicted molar refractivity (Wildman–Crippen MR) is 108 cm³/mol. The molecule has 0 radical (unpaired) electrons. The lowest BCUT2D eigenvalue weighted by molar-refractivity contribution is -0.656. The van der Waals surface area contributed by atoms with E-state index in [0.29, 0.717) is 18.2 Å². The van der Waals surface area contributed by atoms with Crippen LogP contribution in [0.15, 0.2) is 48.5 Å². The Balaban J connectivity index is 0.00000210. The zero-order chi connectivity index (χ0) is 18.1. The van der Waals surface area contributed by atoms with E-state index in [0.717, 1.165) is 40.9 Å². The van der Waals surface area contributed by atoms with Gasteiger partial charge in [-0.15, -0.1) is 0 Å². The van der Waals surface area contributed by atoms with Crippen LogP contribution in [0.4, 0.5) is 5.69 Å². The average Bonchev–Trinajstić information content (AvgIpc) is 2.98. The number of nitrogens with zero attached hydrogens (tertiary/aromatic N) is 2. The Bertz CT molecular complexity index is 829. The van der Waals surface area contributed by atoms with Crippen LogP contribution in [0.25, 0.3) is 0 Å². The summed E-state index contributed by atoms with van der Waals surface area (Å²) in [6.45, 7) is 3.93. The Kier molecular flexibility index (Phi) is 6.41. The molecule has 0 spiro atoms. The Hall–Kier alpha value is -1.21. The summed E-state index contributed by atoms with van der Waals surface area (Å²) in [4.78, 5) is 2.19. The monoisotopic (exact) mass is 468 g/mol. The molecule has 7 heteroatoms. The van der Waals surface area contributed by atoms with Crippen molar-refractivity contribution >= 4 is 34.2 Å². The van der Waals surface area contributed by atoms with Crippen molar-refractivity contribution in [1.29, 1.82) is 0 Å². The van der Waals surface area contributed by atoms with E-state index in [1.807, 2.05) is 55.5 Å². The zero-order valence-electron chi connectivity index (χ0n) is 15.1. The average molecular weight is 470 g/mol. The van der Waals surface area contributed by atoms with Crippen LogP contribution < -0.4 is 26.6 Å². The highest BCUT2D eigenvalue weighted by Crippen LogP contribution is 2.38. The lowest BCUT2D eigenvalue weighted by atomic mass is 10.0. The largest absolute Gasteiger partial charge is 1.00 e. The molecule has 1 N–H and O–H groups in total. The van der Waals surface area contributed by atoms with E-state index in [4.69, 9.17) is 16.3 Å². The molecule has 1 atom stereocenters. The van der Waals surface area contributed by atoms with E-state index < -0.39 is 5.72 Å². The fraction of sp³-hybridized carbons (Fsp3) is 0.350. The van der Waals surface area contributed by atoms with Crippen LogP contribution in [0, 0.1) is 0 Å². The van der Waals surface area contributed by atoms with Gasteiger partial charge in [0.15, 0.2) is 6.54 Å². The molecule has 2 aromatic rings. The fourth-order valence-corrected chi connectivity index (χ4v) is 4.86. The summed E-state index contributed by atoms with van der Waals surface area (Å²) in [6.07, 6.45) is 1.06. The zero-order valence-corrected chi connectivity index (χ0v) is 18.2. The summed E-state index contributed by atoms with van der Waals surface area (Å²) in [7, 11) is 0. The van der Waals surface area contributed by atoms with E-state index in [1.54, 1.807) is 11.8 Å². The molecule has 144 valence electrons. The number of rotatable bonds is 4. The van der Waals surface area contributed by atoms with Crippen molar-refractivity contribution in [3.63, 3.8) is 0 Å². The smallest absolute Gasteiger partial charge is 0.316 e. The number of amidine groups is 1. The first-order chi connectivity index (χ1) is 12.6. The number of anilines is 1. The molecule has 0 aliphatic carbocycles. The second-order valence-corrected chi connectivity index (χ2v) is 7.97. The molecule has 0 amide bonds. The summed E-state index contributed by atoms with van der Waals surface area (Å²) >= 11 is 7.85. The molecule has 2 heterocycles. The van der Waals surface area contributed by atoms with Crippen molar-refractivity contribution in [1.82, 2.24) is 0 Å². The number of ether oxygens (including phenoxy) is 1. The SMILES string of the molecule is CCOc1ccc(C2(O)CN(c3ccc(Cl)cc3)C3=[N+]2CCCS3)cc1.[Br-]. The third-order valence-electron chi connectivity index (χ3n) is 4.81. The summed E-state index contributed by atoms with van der Waals surface area (Å²) in [5.41, 5.74) is 0.885. The number of aliphatic hydroxyl groups is 1. The Morgan fingerprint density at radius 3 is 2.56 bits per heavy atom. The van der Waals surface area contributed by atoms with E-state index in [-0.39, 0.29) is 17.0 Å². The molecule has 27 heavy (non-hydrogen) atoms. The number of halogens is 2. The highest BCUT2D eigenvalue weighted by atomic mass is 79.9. The van der Waals surface area contributed by atoms with Crippen LogP contribution in [0.5, 0.6) is 5.75 Å². The number of thioether (sulfide) groups is 1. The third kappa shape index (κ3) is 3.86. The Morgan fingerprint density at radius 1 is 1.19 bits per heavy atom. The highest BCUT2D eigenvalue weighted by Gasteiger charge is 2.53. The maximum Gasteiger partial charge on any atom is 0.316 e. The second kappa shape index (κ2) is 8.43. The van der Waals surface area contributed by atoms with Gasteiger partial charge in [0.1, 0.15) is 11.4 Å². The number of β-amino-alcohol motifs (C(OH)–C–C–N with tert-alkyl or cyclic N) is 1. The molecule has 0 saturated carbocycles. The molecule has 0 saturated heterocycles. The maximum atomic E-state index is 11.6. The van der Waals surface area contributed by atoms with E-state index >= 15 is 0 Å². The molecule has 1 unspecified atom stereocenters. The van der Waals surface area contributed by atoms with Gasteiger partial charge in [0.2, 0.25) is 0 Å². The molecular weight excluding hydrogens is 448 g/mol. The van der Waals surface area contributed by atoms with Gasteiger partial charge in [-0.2, -0.15) is 0 Å². The summed E-state index contributed by atoms with van der Waals surface area (Å²) in [5, 5.41) is 13.5. The summed E-state index contributed by atoms with van der Waals surface area (Å²) in [5.74, 6) is 1.89. The first kappa shape index (κ1) is 20.5. The third-order valence-corrected chi connectivity index (χ3v) is 6.25. The Labute approximate surface area is 179 Å². The lowest BCUT2D eigenvalue weighted by Crippen LogP contribution is -3.00. The molecule has 4 nitrogen and oxygen atoms in total. The van der Waals surface area contributed by atoms with Crippen molar-refractivity contribution < 1.29 is 31.4 Å². The molecule has 0 fully saturated rings. The first-order valence-corrected chi connectivity index (χ1v) is 10.2. The fourth-order valence-electron chi connectivity index (χ4n) is 3.55. The topological polar surface area (TPSA) is 35.7 Å². The van der Waals surface area contributed by atoms with Gasteiger partial charge in [-0.3, -0.25) is 0 Å². The van der Waals surface area contributed by atoms with Crippen molar-refractivity contribution in [2.75, 3.05) is 30.3 Å². The van der Waals surface area contributed by atoms with Gasteiger partial charge in [-0.1, -0.05) is 11.6 Å². The van der Waals surface area contributed by atoms with Crippen molar-refractivity contribution in [3.8, 4) is 5.75 Å². The van der Waals surface area contributed by atoms with Crippen LogP contribution in [0.1, 0.15) is 18.9 Å².